The van der Waals surface area contributed by atoms with Gasteiger partial charge >= 0.3 is 6.09 Å². The van der Waals surface area contributed by atoms with Crippen molar-refractivity contribution < 1.29 is 9.53 Å². The summed E-state index contributed by atoms with van der Waals surface area (Å²) < 4.78 is 5.60. The van der Waals surface area contributed by atoms with Crippen LogP contribution in [0.15, 0.2) is 18.2 Å². The van der Waals surface area contributed by atoms with Gasteiger partial charge in [-0.3, -0.25) is 4.90 Å². The number of nitrogen functional groups attached to an aromatic ring is 1. The van der Waals surface area contributed by atoms with Gasteiger partial charge in [0.2, 0.25) is 0 Å². The number of nitrogens with zero attached hydrogens (tertiary/aromatic N) is 1. The highest BCUT2D eigenvalue weighted by Crippen LogP contribution is 2.29. The molecule has 0 aliphatic carbocycles. The summed E-state index contributed by atoms with van der Waals surface area (Å²) >= 11 is 0. The van der Waals surface area contributed by atoms with Crippen LogP contribution < -0.4 is 16.0 Å². The molecular weight excluding hydrogens is 278 g/mol. The molecule has 3 N–H and O–H groups in total. The first-order chi connectivity index (χ1) is 10.3. The van der Waals surface area contributed by atoms with Crippen molar-refractivity contribution in [3.8, 4) is 0 Å². The normalized spacial score (nSPS) is 18.8. The van der Waals surface area contributed by atoms with Crippen LogP contribution in [-0.2, 0) is 4.74 Å². The van der Waals surface area contributed by atoms with E-state index in [1.165, 1.54) is 0 Å². The van der Waals surface area contributed by atoms with E-state index in [4.69, 9.17) is 10.5 Å². The lowest BCUT2D eigenvalue weighted by atomic mass is 10.0. The molecule has 22 heavy (non-hydrogen) atoms. The molecule has 1 aromatic carbocycles. The molecule has 1 heterocycles. The molecule has 122 valence electrons. The van der Waals surface area contributed by atoms with E-state index in [9.17, 15) is 4.79 Å². The third-order valence-electron chi connectivity index (χ3n) is 3.67. The monoisotopic (exact) mass is 305 g/mol. The van der Waals surface area contributed by atoms with Crippen molar-refractivity contribution in [2.45, 2.75) is 52.2 Å². The molecule has 0 radical (unpaired) electrons. The predicted molar refractivity (Wildman–Crippen MR) is 90.2 cm³/mol. The van der Waals surface area contributed by atoms with Crippen molar-refractivity contribution in [1.29, 1.82) is 0 Å². The van der Waals surface area contributed by atoms with E-state index in [0.29, 0.717) is 5.69 Å². The molecule has 1 atom stereocenters. The number of carbonyl (C=O) groups is 1. The van der Waals surface area contributed by atoms with E-state index in [1.807, 2.05) is 45.9 Å². The van der Waals surface area contributed by atoms with Gasteiger partial charge in [0.25, 0.3) is 0 Å². The van der Waals surface area contributed by atoms with Gasteiger partial charge in [0, 0.05) is 6.54 Å². The summed E-state index contributed by atoms with van der Waals surface area (Å²) in [5.74, 6) is 0. The Morgan fingerprint density at radius 2 is 2.14 bits per heavy atom. The molecule has 1 unspecified atom stereocenters. The molecular formula is C17H27N3O2. The lowest BCUT2D eigenvalue weighted by Gasteiger charge is -2.36. The zero-order chi connectivity index (χ0) is 16.3. The van der Waals surface area contributed by atoms with E-state index in [-0.39, 0.29) is 12.1 Å². The van der Waals surface area contributed by atoms with Crippen molar-refractivity contribution in [2.75, 3.05) is 23.7 Å². The van der Waals surface area contributed by atoms with Crippen molar-refractivity contribution in [3.63, 3.8) is 0 Å². The van der Waals surface area contributed by atoms with Crippen LogP contribution in [0.5, 0.6) is 0 Å². The molecule has 1 fully saturated rings. The van der Waals surface area contributed by atoms with Crippen LogP contribution in [0.3, 0.4) is 0 Å². The lowest BCUT2D eigenvalue weighted by molar-refractivity contribution is 0.0560. The molecule has 2 rings (SSSR count). The van der Waals surface area contributed by atoms with E-state index >= 15 is 0 Å². The molecule has 5 heteroatoms. The molecule has 5 nitrogen and oxygen atoms in total. The second-order valence-corrected chi connectivity index (χ2v) is 6.91. The van der Waals surface area contributed by atoms with Gasteiger partial charge in [0.05, 0.1) is 17.4 Å². The standard InChI is InChI=1S/C17H27N3O2/c1-12-7-8-15(14(18)10-12)20(13-6-5-9-19-11-13)16(21)22-17(2,3)4/h7-8,10,13,19H,5-6,9,11,18H2,1-4H3. The summed E-state index contributed by atoms with van der Waals surface area (Å²) in [5, 5.41) is 3.34. The Balaban J connectivity index is 2.33. The van der Waals surface area contributed by atoms with Gasteiger partial charge in [-0.1, -0.05) is 6.07 Å². The Bertz CT molecular complexity index is 531. The zero-order valence-corrected chi connectivity index (χ0v) is 14.0. The van der Waals surface area contributed by atoms with Gasteiger partial charge in [-0.25, -0.2) is 4.79 Å². The quantitative estimate of drug-likeness (QED) is 0.824. The summed E-state index contributed by atoms with van der Waals surface area (Å²) in [5.41, 5.74) is 8.04. The number of amides is 1. The Kier molecular flexibility index (Phi) is 4.96. The van der Waals surface area contributed by atoms with Crippen LogP contribution in [0.1, 0.15) is 39.2 Å². The minimum atomic E-state index is -0.531. The summed E-state index contributed by atoms with van der Waals surface area (Å²) in [6, 6.07) is 5.83. The number of nitrogens with two attached hydrogens (primary N) is 1. The molecule has 0 saturated carbocycles. The Labute approximate surface area is 132 Å². The molecule has 1 amide bonds. The van der Waals surface area contributed by atoms with E-state index < -0.39 is 5.60 Å². The largest absolute Gasteiger partial charge is 0.443 e. The highest BCUT2D eigenvalue weighted by atomic mass is 16.6. The van der Waals surface area contributed by atoms with Gasteiger partial charge < -0.3 is 15.8 Å². The third kappa shape index (κ3) is 4.13. The van der Waals surface area contributed by atoms with Crippen LogP contribution in [0, 0.1) is 6.92 Å². The number of anilines is 2. The third-order valence-corrected chi connectivity index (χ3v) is 3.67. The summed E-state index contributed by atoms with van der Waals surface area (Å²) in [6.45, 7) is 9.36. The average Bonchev–Trinajstić information content (AvgIpc) is 2.41. The van der Waals surface area contributed by atoms with Gasteiger partial charge in [0.15, 0.2) is 0 Å². The molecule has 1 aliphatic rings. The molecule has 0 bridgehead atoms. The summed E-state index contributed by atoms with van der Waals surface area (Å²) in [7, 11) is 0. The molecule has 1 aromatic rings. The zero-order valence-electron chi connectivity index (χ0n) is 14.0. The first kappa shape index (κ1) is 16.6. The number of aryl methyl sites for hydroxylation is 1. The van der Waals surface area contributed by atoms with E-state index in [0.717, 1.165) is 37.2 Å². The Hall–Kier alpha value is -1.75. The maximum absolute atomic E-state index is 12.7. The van der Waals surface area contributed by atoms with Gasteiger partial charge in [-0.15, -0.1) is 0 Å². The smallest absolute Gasteiger partial charge is 0.415 e. The molecule has 0 aromatic heterocycles. The number of hydrogen-bond donors (Lipinski definition) is 2. The maximum Gasteiger partial charge on any atom is 0.415 e. The van der Waals surface area contributed by atoms with Gasteiger partial charge in [-0.05, 0) is 64.8 Å². The second kappa shape index (κ2) is 6.57. The molecule has 1 saturated heterocycles. The highest BCUT2D eigenvalue weighted by molar-refractivity contribution is 5.92. The lowest BCUT2D eigenvalue weighted by Crippen LogP contribution is -2.50. The number of hydrogen-bond acceptors (Lipinski definition) is 4. The van der Waals surface area contributed by atoms with Crippen LogP contribution >= 0.6 is 0 Å². The first-order valence-electron chi connectivity index (χ1n) is 7.87. The Morgan fingerprint density at radius 3 is 2.68 bits per heavy atom. The van der Waals surface area contributed by atoms with Crippen LogP contribution in [-0.4, -0.2) is 30.8 Å². The van der Waals surface area contributed by atoms with Crippen LogP contribution in [0.2, 0.25) is 0 Å². The fraction of sp³-hybridized carbons (Fsp3) is 0.588. The van der Waals surface area contributed by atoms with Gasteiger partial charge in [-0.2, -0.15) is 0 Å². The average molecular weight is 305 g/mol. The fourth-order valence-electron chi connectivity index (χ4n) is 2.70. The van der Waals surface area contributed by atoms with Crippen LogP contribution in [0.4, 0.5) is 16.2 Å². The van der Waals surface area contributed by atoms with E-state index in [1.54, 1.807) is 4.90 Å². The number of benzene rings is 1. The summed E-state index contributed by atoms with van der Waals surface area (Å²) in [6.07, 6.45) is 1.65. The van der Waals surface area contributed by atoms with Crippen molar-refractivity contribution in [3.05, 3.63) is 23.8 Å². The van der Waals surface area contributed by atoms with Crippen molar-refractivity contribution in [1.82, 2.24) is 5.32 Å². The molecule has 0 spiro atoms. The van der Waals surface area contributed by atoms with Crippen LogP contribution in [0.25, 0.3) is 0 Å². The minimum absolute atomic E-state index is 0.0635. The fourth-order valence-corrected chi connectivity index (χ4v) is 2.70. The first-order valence-corrected chi connectivity index (χ1v) is 7.87. The van der Waals surface area contributed by atoms with Crippen molar-refractivity contribution >= 4 is 17.5 Å². The number of ether oxygens (including phenoxy) is 1. The highest BCUT2D eigenvalue weighted by Gasteiger charge is 2.31. The van der Waals surface area contributed by atoms with E-state index in [2.05, 4.69) is 5.32 Å². The number of rotatable bonds is 2. The number of piperidine rings is 1. The number of carbonyl (C=O) groups excluding carboxylic acids is 1. The SMILES string of the molecule is Cc1ccc(N(C(=O)OC(C)(C)C)C2CCCNC2)c(N)c1. The second-order valence-electron chi connectivity index (χ2n) is 6.91. The molecule has 1 aliphatic heterocycles. The topological polar surface area (TPSA) is 67.6 Å². The maximum atomic E-state index is 12.7. The number of nitrogens with one attached hydrogen (secondary N) is 1. The summed E-state index contributed by atoms with van der Waals surface area (Å²) in [4.78, 5) is 14.4. The van der Waals surface area contributed by atoms with Crippen molar-refractivity contribution in [2.24, 2.45) is 0 Å². The predicted octanol–water partition coefficient (Wildman–Crippen LogP) is 3.07. The Morgan fingerprint density at radius 1 is 1.41 bits per heavy atom. The minimum Gasteiger partial charge on any atom is -0.443 e. The van der Waals surface area contributed by atoms with Gasteiger partial charge in [0.1, 0.15) is 5.60 Å².